The van der Waals surface area contributed by atoms with Crippen LogP contribution >= 0.6 is 24.0 Å². The van der Waals surface area contributed by atoms with Crippen molar-refractivity contribution >= 4 is 24.0 Å². The van der Waals surface area contributed by atoms with E-state index in [2.05, 4.69) is 0 Å². The van der Waals surface area contributed by atoms with E-state index in [9.17, 15) is 18.3 Å². The van der Waals surface area contributed by atoms with Gasteiger partial charge in [0, 0.05) is 5.02 Å². The molecular weight excluding hydrogens is 314 g/mol. The van der Waals surface area contributed by atoms with Gasteiger partial charge in [0.05, 0.1) is 17.7 Å². The molecule has 116 valence electrons. The van der Waals surface area contributed by atoms with Crippen LogP contribution in [-0.4, -0.2) is 11.2 Å². The molecule has 3 N–H and O–H groups in total. The molecule has 0 aliphatic heterocycles. The molecule has 1 aromatic rings. The molecule has 1 aromatic carbocycles. The fourth-order valence-corrected chi connectivity index (χ4v) is 2.06. The molecule has 0 aromatic heterocycles. The van der Waals surface area contributed by atoms with Crippen LogP contribution in [0.3, 0.4) is 0 Å². The van der Waals surface area contributed by atoms with Gasteiger partial charge in [-0.2, -0.15) is 13.2 Å². The largest absolute Gasteiger partial charge is 0.416 e. The molecule has 2 atom stereocenters. The lowest BCUT2D eigenvalue weighted by Crippen LogP contribution is -2.28. The van der Waals surface area contributed by atoms with E-state index in [0.29, 0.717) is 6.42 Å². The van der Waals surface area contributed by atoms with E-state index in [-0.39, 0.29) is 28.9 Å². The molecule has 0 spiro atoms. The highest BCUT2D eigenvalue weighted by atomic mass is 35.5. The van der Waals surface area contributed by atoms with Gasteiger partial charge in [-0.1, -0.05) is 25.4 Å². The number of hydrogen-bond donors (Lipinski definition) is 2. The fourth-order valence-electron chi connectivity index (χ4n) is 1.81. The molecule has 0 aliphatic carbocycles. The minimum absolute atomic E-state index is 0. The van der Waals surface area contributed by atoms with Crippen molar-refractivity contribution in [2.75, 3.05) is 0 Å². The molecule has 2 nitrogen and oxygen atoms in total. The van der Waals surface area contributed by atoms with Crippen LogP contribution in [0, 0.1) is 5.92 Å². The predicted molar refractivity (Wildman–Crippen MR) is 76.1 cm³/mol. The number of rotatable bonds is 4. The van der Waals surface area contributed by atoms with Gasteiger partial charge in [-0.25, -0.2) is 0 Å². The Balaban J connectivity index is 0.00000361. The Kier molecular flexibility index (Phi) is 7.32. The summed E-state index contributed by atoms with van der Waals surface area (Å²) >= 11 is 5.86. The van der Waals surface area contributed by atoms with E-state index in [1.165, 1.54) is 0 Å². The molecule has 0 heterocycles. The van der Waals surface area contributed by atoms with Gasteiger partial charge in [0.2, 0.25) is 0 Å². The summed E-state index contributed by atoms with van der Waals surface area (Å²) in [4.78, 5) is 0. The third kappa shape index (κ3) is 5.13. The highest BCUT2D eigenvalue weighted by molar-refractivity contribution is 6.31. The average Bonchev–Trinajstić information content (AvgIpc) is 2.26. The van der Waals surface area contributed by atoms with Crippen LogP contribution in [-0.2, 0) is 6.18 Å². The summed E-state index contributed by atoms with van der Waals surface area (Å²) in [7, 11) is 0. The molecule has 0 aliphatic rings. The number of hydrogen-bond acceptors (Lipinski definition) is 2. The quantitative estimate of drug-likeness (QED) is 0.869. The van der Waals surface area contributed by atoms with Gasteiger partial charge in [0.25, 0.3) is 0 Å². The number of aliphatic hydroxyl groups excluding tert-OH is 1. The SMILES string of the molecule is CC(C)C[C@@H](O)[C@@H](N)c1cc(C(F)(F)F)ccc1Cl.Cl. The Morgan fingerprint density at radius 1 is 1.30 bits per heavy atom. The average molecular weight is 332 g/mol. The molecule has 0 unspecified atom stereocenters. The van der Waals surface area contributed by atoms with Crippen LogP contribution in [0.1, 0.15) is 37.4 Å². The summed E-state index contributed by atoms with van der Waals surface area (Å²) in [5.41, 5.74) is 5.09. The smallest absolute Gasteiger partial charge is 0.391 e. The van der Waals surface area contributed by atoms with Crippen LogP contribution in [0.4, 0.5) is 13.2 Å². The summed E-state index contributed by atoms with van der Waals surface area (Å²) in [6, 6.07) is 2.02. The maximum atomic E-state index is 12.6. The zero-order chi connectivity index (χ0) is 14.8. The fraction of sp³-hybridized carbons (Fsp3) is 0.538. The minimum Gasteiger partial charge on any atom is -0.391 e. The first-order chi connectivity index (χ1) is 8.62. The zero-order valence-electron chi connectivity index (χ0n) is 11.1. The second-order valence-electron chi connectivity index (χ2n) is 4.96. The number of halogens is 5. The monoisotopic (exact) mass is 331 g/mol. The molecule has 0 radical (unpaired) electrons. The molecule has 0 fully saturated rings. The molecule has 0 saturated carbocycles. The van der Waals surface area contributed by atoms with Crippen molar-refractivity contribution in [2.24, 2.45) is 11.7 Å². The Hall–Kier alpha value is -0.490. The van der Waals surface area contributed by atoms with Crippen LogP contribution < -0.4 is 5.73 Å². The molecule has 0 bridgehead atoms. The summed E-state index contributed by atoms with van der Waals surface area (Å²) in [5.74, 6) is 0.186. The lowest BCUT2D eigenvalue weighted by atomic mass is 9.94. The van der Waals surface area contributed by atoms with E-state index in [4.69, 9.17) is 17.3 Å². The van der Waals surface area contributed by atoms with Gasteiger partial charge in [-0.15, -0.1) is 12.4 Å². The lowest BCUT2D eigenvalue weighted by Gasteiger charge is -2.22. The van der Waals surface area contributed by atoms with Crippen molar-refractivity contribution in [3.63, 3.8) is 0 Å². The Bertz CT molecular complexity index is 438. The van der Waals surface area contributed by atoms with Gasteiger partial charge >= 0.3 is 6.18 Å². The van der Waals surface area contributed by atoms with Gasteiger partial charge in [-0.3, -0.25) is 0 Å². The van der Waals surface area contributed by atoms with Gasteiger partial charge in [-0.05, 0) is 36.1 Å². The summed E-state index contributed by atoms with van der Waals surface area (Å²) in [6.45, 7) is 3.79. The summed E-state index contributed by atoms with van der Waals surface area (Å²) < 4.78 is 37.9. The first-order valence-corrected chi connectivity index (χ1v) is 6.31. The molecule has 1 rings (SSSR count). The third-order valence-electron chi connectivity index (χ3n) is 2.81. The molecule has 7 heteroatoms. The highest BCUT2D eigenvalue weighted by Crippen LogP contribution is 2.34. The number of aliphatic hydroxyl groups is 1. The maximum absolute atomic E-state index is 12.6. The van der Waals surface area contributed by atoms with Crippen molar-refractivity contribution < 1.29 is 18.3 Å². The Morgan fingerprint density at radius 2 is 1.85 bits per heavy atom. The molecule has 0 saturated heterocycles. The summed E-state index contributed by atoms with van der Waals surface area (Å²) in [6.07, 6.45) is -4.99. The molecule has 20 heavy (non-hydrogen) atoms. The van der Waals surface area contributed by atoms with E-state index in [0.717, 1.165) is 18.2 Å². The van der Waals surface area contributed by atoms with Crippen molar-refractivity contribution in [3.05, 3.63) is 34.3 Å². The minimum atomic E-state index is -4.46. The predicted octanol–water partition coefficient (Wildman–Crippen LogP) is 4.19. The Morgan fingerprint density at radius 3 is 2.30 bits per heavy atom. The van der Waals surface area contributed by atoms with E-state index in [1.54, 1.807) is 0 Å². The number of benzene rings is 1. The van der Waals surface area contributed by atoms with Crippen molar-refractivity contribution in [1.82, 2.24) is 0 Å². The lowest BCUT2D eigenvalue weighted by molar-refractivity contribution is -0.137. The second kappa shape index (κ2) is 7.50. The van der Waals surface area contributed by atoms with Gasteiger partial charge < -0.3 is 10.8 Å². The van der Waals surface area contributed by atoms with Crippen LogP contribution in [0.2, 0.25) is 5.02 Å². The van der Waals surface area contributed by atoms with Crippen LogP contribution in [0.5, 0.6) is 0 Å². The zero-order valence-corrected chi connectivity index (χ0v) is 12.7. The molecular formula is C13H18Cl2F3NO. The first kappa shape index (κ1) is 19.5. The third-order valence-corrected chi connectivity index (χ3v) is 3.15. The topological polar surface area (TPSA) is 46.2 Å². The van der Waals surface area contributed by atoms with E-state index in [1.807, 2.05) is 13.8 Å². The van der Waals surface area contributed by atoms with Crippen molar-refractivity contribution in [1.29, 1.82) is 0 Å². The summed E-state index contributed by atoms with van der Waals surface area (Å²) in [5, 5.41) is 10.0. The normalized spacial score (nSPS) is 14.8. The van der Waals surface area contributed by atoms with Crippen molar-refractivity contribution in [2.45, 2.75) is 38.6 Å². The first-order valence-electron chi connectivity index (χ1n) is 5.93. The van der Waals surface area contributed by atoms with Crippen LogP contribution in [0.15, 0.2) is 18.2 Å². The number of alkyl halides is 3. The highest BCUT2D eigenvalue weighted by Gasteiger charge is 2.32. The van der Waals surface area contributed by atoms with Gasteiger partial charge in [0.1, 0.15) is 0 Å². The second-order valence-corrected chi connectivity index (χ2v) is 5.36. The Labute approximate surface area is 127 Å². The number of nitrogens with two attached hydrogens (primary N) is 1. The maximum Gasteiger partial charge on any atom is 0.416 e. The van der Waals surface area contributed by atoms with Gasteiger partial charge in [0.15, 0.2) is 0 Å². The van der Waals surface area contributed by atoms with Crippen LogP contribution in [0.25, 0.3) is 0 Å². The standard InChI is InChI=1S/C13H17ClF3NO.ClH/c1-7(2)5-11(19)12(18)9-6-8(13(15,16)17)3-4-10(9)14;/h3-4,6-7,11-12,19H,5,18H2,1-2H3;1H/t11-,12+;/m1./s1. The van der Waals surface area contributed by atoms with E-state index < -0.39 is 23.9 Å². The molecule has 0 amide bonds. The van der Waals surface area contributed by atoms with E-state index >= 15 is 0 Å². The van der Waals surface area contributed by atoms with Crippen molar-refractivity contribution in [3.8, 4) is 0 Å².